The van der Waals surface area contributed by atoms with Crippen molar-refractivity contribution in [1.29, 1.82) is 0 Å². The molecule has 6 heterocycles. The Balaban J connectivity index is 1.12. The SMILES string of the molecule is COC(=O)N[C@H](C(=O)N1CCC[C@H]1c1cc(-c2cc3c(C)c4sc(-c5cnc([C@@H]6CCCN6C(=O)[C@@H](NC(=O)OC)C(C)C)[nH]5)cc4c(C)c3s2)c[nH]1)C(C)C. The number of H-pyrrole nitrogens is 2. The van der Waals surface area contributed by atoms with Crippen molar-refractivity contribution in [3.8, 4) is 21.0 Å². The van der Waals surface area contributed by atoms with E-state index >= 15 is 0 Å². The van der Waals surface area contributed by atoms with Gasteiger partial charge in [-0.1, -0.05) is 27.7 Å². The van der Waals surface area contributed by atoms with Crippen molar-refractivity contribution in [3.63, 3.8) is 0 Å². The zero-order chi connectivity index (χ0) is 40.0. The Morgan fingerprint density at radius 3 is 1.86 bits per heavy atom. The fourth-order valence-corrected chi connectivity index (χ4v) is 10.6. The van der Waals surface area contributed by atoms with E-state index < -0.39 is 24.3 Å². The number of likely N-dealkylation sites (tertiary alicyclic amines) is 2. The Morgan fingerprint density at radius 2 is 1.30 bits per heavy atom. The molecule has 1 aromatic carbocycles. The van der Waals surface area contributed by atoms with Crippen molar-refractivity contribution >= 4 is 66.8 Å². The molecular weight excluding hydrogens is 751 g/mol. The molecule has 4 amide bonds. The summed E-state index contributed by atoms with van der Waals surface area (Å²) < 4.78 is 12.1. The van der Waals surface area contributed by atoms with E-state index in [1.54, 1.807) is 22.7 Å². The molecule has 2 fully saturated rings. The lowest BCUT2D eigenvalue weighted by atomic mass is 10.0. The Bertz CT molecular complexity index is 2070. The van der Waals surface area contributed by atoms with Crippen molar-refractivity contribution in [3.05, 3.63) is 53.2 Å². The fourth-order valence-electron chi connectivity index (χ4n) is 8.22. The van der Waals surface area contributed by atoms with Gasteiger partial charge in [0.2, 0.25) is 11.8 Å². The number of hydrogen-bond acceptors (Lipinski definition) is 9. The van der Waals surface area contributed by atoms with Crippen LogP contribution in [0.25, 0.3) is 41.2 Å². The number of aromatic amines is 2. The van der Waals surface area contributed by atoms with Gasteiger partial charge in [-0.25, -0.2) is 14.6 Å². The number of fused-ring (bicyclic) bond motifs is 2. The van der Waals surface area contributed by atoms with Crippen LogP contribution in [0, 0.1) is 25.7 Å². The molecule has 13 nitrogen and oxygen atoms in total. The van der Waals surface area contributed by atoms with Crippen LogP contribution in [0.3, 0.4) is 0 Å². The van der Waals surface area contributed by atoms with Crippen molar-refractivity contribution < 1.29 is 28.7 Å². The third-order valence-corrected chi connectivity index (χ3v) is 13.9. The number of hydrogen-bond donors (Lipinski definition) is 4. The molecule has 5 aromatic rings. The summed E-state index contributed by atoms with van der Waals surface area (Å²) in [6.45, 7) is 13.3. The molecule has 2 aliphatic rings. The molecule has 4 atom stereocenters. The zero-order valence-electron chi connectivity index (χ0n) is 33.2. The number of rotatable bonds is 10. The van der Waals surface area contributed by atoms with E-state index in [-0.39, 0.29) is 35.7 Å². The van der Waals surface area contributed by atoms with Crippen LogP contribution in [0.5, 0.6) is 0 Å². The summed E-state index contributed by atoms with van der Waals surface area (Å²) in [7, 11) is 2.60. The molecule has 15 heteroatoms. The second-order valence-corrected chi connectivity index (χ2v) is 17.7. The van der Waals surface area contributed by atoms with Gasteiger partial charge in [0.15, 0.2) is 0 Å². The largest absolute Gasteiger partial charge is 0.453 e. The molecule has 4 aromatic heterocycles. The van der Waals surface area contributed by atoms with Gasteiger partial charge in [0.25, 0.3) is 0 Å². The average Bonchev–Trinajstić information content (AvgIpc) is 4.02. The van der Waals surface area contributed by atoms with Gasteiger partial charge in [0, 0.05) is 44.8 Å². The van der Waals surface area contributed by atoms with Gasteiger partial charge in [-0.05, 0) is 91.5 Å². The Kier molecular flexibility index (Phi) is 11.2. The van der Waals surface area contributed by atoms with Crippen molar-refractivity contribution in [2.45, 2.75) is 91.4 Å². The minimum absolute atomic E-state index is 0.0863. The first-order chi connectivity index (χ1) is 26.8. The Hall–Kier alpha value is -4.89. The minimum Gasteiger partial charge on any atom is -0.453 e. The number of carbonyl (C=O) groups is 4. The fraction of sp³-hybridized carbons (Fsp3) is 0.488. The van der Waals surface area contributed by atoms with E-state index in [0.717, 1.165) is 58.2 Å². The van der Waals surface area contributed by atoms with E-state index in [4.69, 9.17) is 14.5 Å². The molecule has 0 saturated carbocycles. The molecule has 0 aliphatic carbocycles. The maximum Gasteiger partial charge on any atom is 0.407 e. The van der Waals surface area contributed by atoms with Crippen molar-refractivity contribution in [1.82, 2.24) is 35.4 Å². The standard InChI is InChI=1S/C41H51N7O6S2/c1-20(2)33(45-40(51)53-7)38(49)47-13-9-11-29(47)27-15-24(18-42-27)31-16-25-22(5)36-26(23(6)35(25)55-31)17-32(56-36)28-19-43-37(44-28)30-12-10-14-48(30)39(50)34(21(3)4)46-41(52)54-8/h15-21,29-30,33-34,42H,9-14H2,1-8H3,(H,43,44)(H,45,51)(H,46,52)/t29-,30-,33-,34-/m0/s1. The predicted molar refractivity (Wildman–Crippen MR) is 220 cm³/mol. The summed E-state index contributed by atoms with van der Waals surface area (Å²) in [5.41, 5.74) is 5.44. The Labute approximate surface area is 334 Å². The first kappa shape index (κ1) is 39.3. The van der Waals surface area contributed by atoms with Crippen LogP contribution in [0.2, 0.25) is 0 Å². The highest BCUT2D eigenvalue weighted by Crippen LogP contribution is 2.46. The van der Waals surface area contributed by atoms with Crippen molar-refractivity contribution in [2.75, 3.05) is 27.3 Å². The van der Waals surface area contributed by atoms with Crippen LogP contribution in [-0.4, -0.2) is 88.1 Å². The zero-order valence-corrected chi connectivity index (χ0v) is 34.8. The van der Waals surface area contributed by atoms with Crippen LogP contribution in [0.4, 0.5) is 9.59 Å². The number of aromatic nitrogens is 3. The first-order valence-electron chi connectivity index (χ1n) is 19.3. The molecular formula is C41H51N7O6S2. The summed E-state index contributed by atoms with van der Waals surface area (Å²) in [5, 5.41) is 7.89. The molecule has 2 aliphatic heterocycles. The van der Waals surface area contributed by atoms with Crippen LogP contribution in [0.15, 0.2) is 30.6 Å². The van der Waals surface area contributed by atoms with Crippen molar-refractivity contribution in [2.24, 2.45) is 11.8 Å². The Morgan fingerprint density at radius 1 is 0.786 bits per heavy atom. The summed E-state index contributed by atoms with van der Waals surface area (Å²) in [5.74, 6) is 0.333. The van der Waals surface area contributed by atoms with Crippen LogP contribution >= 0.6 is 22.7 Å². The summed E-state index contributed by atoms with van der Waals surface area (Å²) >= 11 is 3.52. The number of ether oxygens (including phenoxy) is 2. The predicted octanol–water partition coefficient (Wildman–Crippen LogP) is 8.21. The van der Waals surface area contributed by atoms with Crippen LogP contribution in [-0.2, 0) is 19.1 Å². The van der Waals surface area contributed by atoms with Gasteiger partial charge in [0.1, 0.15) is 17.9 Å². The minimum atomic E-state index is -0.686. The van der Waals surface area contributed by atoms with E-state index in [0.29, 0.717) is 13.1 Å². The number of imidazole rings is 1. The van der Waals surface area contributed by atoms with Gasteiger partial charge in [-0.3, -0.25) is 9.59 Å². The maximum absolute atomic E-state index is 13.7. The number of nitrogens with one attached hydrogen (secondary N) is 4. The lowest BCUT2D eigenvalue weighted by molar-refractivity contribution is -0.136. The van der Waals surface area contributed by atoms with Gasteiger partial charge < -0.3 is 39.9 Å². The normalized spacial score (nSPS) is 18.3. The number of benzene rings is 1. The molecule has 7 rings (SSSR count). The molecule has 4 N–H and O–H groups in total. The molecule has 0 radical (unpaired) electrons. The molecule has 0 spiro atoms. The third kappa shape index (κ3) is 7.26. The van der Waals surface area contributed by atoms with Gasteiger partial charge in [-0.15, -0.1) is 22.7 Å². The molecule has 0 bridgehead atoms. The molecule has 298 valence electrons. The third-order valence-electron chi connectivity index (χ3n) is 11.3. The number of methoxy groups -OCH3 is 2. The van der Waals surface area contributed by atoms with Crippen LogP contribution in [0.1, 0.15) is 88.1 Å². The van der Waals surface area contributed by atoms with E-state index in [1.165, 1.54) is 45.5 Å². The summed E-state index contributed by atoms with van der Waals surface area (Å²) in [6, 6.07) is 5.03. The molecule has 2 saturated heterocycles. The first-order valence-corrected chi connectivity index (χ1v) is 20.9. The molecule has 56 heavy (non-hydrogen) atoms. The number of aryl methyl sites for hydroxylation is 2. The smallest absolute Gasteiger partial charge is 0.407 e. The van der Waals surface area contributed by atoms with E-state index in [9.17, 15) is 19.2 Å². The highest BCUT2D eigenvalue weighted by molar-refractivity contribution is 7.24. The summed E-state index contributed by atoms with van der Waals surface area (Å²) in [4.78, 5) is 69.1. The van der Waals surface area contributed by atoms with E-state index in [1.807, 2.05) is 49.9 Å². The monoisotopic (exact) mass is 801 g/mol. The quantitative estimate of drug-likeness (QED) is 0.111. The lowest BCUT2D eigenvalue weighted by Crippen LogP contribution is -2.51. The topological polar surface area (TPSA) is 162 Å². The average molecular weight is 802 g/mol. The highest BCUT2D eigenvalue weighted by Gasteiger charge is 2.39. The van der Waals surface area contributed by atoms with Crippen LogP contribution < -0.4 is 10.6 Å². The second-order valence-electron chi connectivity index (χ2n) is 15.6. The van der Waals surface area contributed by atoms with Gasteiger partial charge in [0.05, 0.1) is 43.1 Å². The maximum atomic E-state index is 13.7. The van der Waals surface area contributed by atoms with Gasteiger partial charge >= 0.3 is 12.2 Å². The number of carbonyl (C=O) groups excluding carboxylic acids is 4. The summed E-state index contributed by atoms with van der Waals surface area (Å²) in [6.07, 6.45) is 6.05. The number of nitrogens with zero attached hydrogens (tertiary/aromatic N) is 3. The van der Waals surface area contributed by atoms with Gasteiger partial charge in [-0.2, -0.15) is 0 Å². The second kappa shape index (κ2) is 15.9. The number of thiophene rings is 2. The number of amides is 4. The lowest BCUT2D eigenvalue weighted by Gasteiger charge is -2.30. The molecule has 0 unspecified atom stereocenters. The highest BCUT2D eigenvalue weighted by atomic mass is 32.1. The number of alkyl carbamates (subject to hydrolysis) is 2. The van der Waals surface area contributed by atoms with E-state index in [2.05, 4.69) is 52.6 Å².